The van der Waals surface area contributed by atoms with Crippen LogP contribution in [0.3, 0.4) is 0 Å². The number of fused-ring (bicyclic) bond motifs is 2. The maximum atomic E-state index is 13.4. The molecular weight excluding hydrogens is 342 g/mol. The van der Waals surface area contributed by atoms with Gasteiger partial charge in [-0.2, -0.15) is 0 Å². The summed E-state index contributed by atoms with van der Waals surface area (Å²) in [4.78, 5) is 14.9. The van der Waals surface area contributed by atoms with Gasteiger partial charge in [-0.3, -0.25) is 4.79 Å². The molecule has 0 saturated heterocycles. The lowest BCUT2D eigenvalue weighted by Gasteiger charge is -2.34. The number of nitrogens with zero attached hydrogens (tertiary/aromatic N) is 1. The third-order valence-electron chi connectivity index (χ3n) is 5.14. The number of hydrogen-bond acceptors (Lipinski definition) is 5. The van der Waals surface area contributed by atoms with Crippen LogP contribution in [0, 0.1) is 0 Å². The van der Waals surface area contributed by atoms with Gasteiger partial charge in [0.05, 0.1) is 12.7 Å². The molecule has 1 aliphatic rings. The van der Waals surface area contributed by atoms with Crippen LogP contribution in [0.15, 0.2) is 42.5 Å². The van der Waals surface area contributed by atoms with E-state index in [-0.39, 0.29) is 5.91 Å². The first kappa shape index (κ1) is 17.7. The molecule has 1 heterocycles. The van der Waals surface area contributed by atoms with E-state index in [9.17, 15) is 9.90 Å². The van der Waals surface area contributed by atoms with Crippen LogP contribution in [0.25, 0.3) is 21.5 Å². The lowest BCUT2D eigenvalue weighted by atomic mass is 9.88. The van der Waals surface area contributed by atoms with Crippen LogP contribution in [-0.2, 0) is 0 Å². The quantitative estimate of drug-likeness (QED) is 0.459. The molecule has 0 fully saturated rings. The minimum atomic E-state index is -0.987. The van der Waals surface area contributed by atoms with Gasteiger partial charge in [-0.05, 0) is 22.9 Å². The summed E-state index contributed by atoms with van der Waals surface area (Å²) < 4.78 is 5.52. The minimum Gasteiger partial charge on any atom is -0.496 e. The number of aliphatic hydroxyl groups is 1. The van der Waals surface area contributed by atoms with Crippen LogP contribution < -0.4 is 15.8 Å². The number of amides is 1. The maximum absolute atomic E-state index is 13.4. The second-order valence-corrected chi connectivity index (χ2v) is 6.66. The van der Waals surface area contributed by atoms with Crippen molar-refractivity contribution >= 4 is 27.5 Å². The Labute approximate surface area is 157 Å². The molecule has 6 nitrogen and oxygen atoms in total. The summed E-state index contributed by atoms with van der Waals surface area (Å²) in [6.07, 6.45) is -0.987. The molecule has 4 rings (SSSR count). The Morgan fingerprint density at radius 2 is 2.00 bits per heavy atom. The Hall–Kier alpha value is -2.67. The molecule has 0 aromatic heterocycles. The van der Waals surface area contributed by atoms with Crippen molar-refractivity contribution in [1.29, 1.82) is 0 Å². The van der Waals surface area contributed by atoms with Gasteiger partial charge in [-0.15, -0.1) is 0 Å². The highest BCUT2D eigenvalue weighted by molar-refractivity contribution is 6.21. The van der Waals surface area contributed by atoms with Crippen molar-refractivity contribution in [1.82, 2.24) is 10.2 Å². The van der Waals surface area contributed by atoms with Crippen LogP contribution in [0.4, 0.5) is 0 Å². The topological polar surface area (TPSA) is 87.8 Å². The summed E-state index contributed by atoms with van der Waals surface area (Å²) in [5, 5.41) is 17.6. The predicted molar refractivity (Wildman–Crippen MR) is 106 cm³/mol. The monoisotopic (exact) mass is 365 g/mol. The van der Waals surface area contributed by atoms with Gasteiger partial charge in [-0.25, -0.2) is 0 Å². The number of aliphatic hydroxyl groups excluding tert-OH is 1. The molecule has 4 N–H and O–H groups in total. The van der Waals surface area contributed by atoms with E-state index in [0.717, 1.165) is 27.1 Å². The molecule has 1 amide bonds. The molecule has 6 heteroatoms. The summed E-state index contributed by atoms with van der Waals surface area (Å²) in [7, 11) is 1.61. The minimum absolute atomic E-state index is 0.167. The van der Waals surface area contributed by atoms with Crippen molar-refractivity contribution < 1.29 is 14.6 Å². The normalized spacial score (nSPS) is 16.3. The molecule has 0 saturated carbocycles. The van der Waals surface area contributed by atoms with Crippen LogP contribution in [0.5, 0.6) is 5.75 Å². The van der Waals surface area contributed by atoms with E-state index in [1.54, 1.807) is 7.11 Å². The second kappa shape index (κ2) is 7.15. The predicted octanol–water partition coefficient (Wildman–Crippen LogP) is 2.00. The van der Waals surface area contributed by atoms with Crippen molar-refractivity contribution in [3.05, 3.63) is 53.6 Å². The number of hydrogen-bond donors (Lipinski definition) is 3. The average molecular weight is 365 g/mol. The largest absolute Gasteiger partial charge is 0.496 e. The molecule has 0 aliphatic carbocycles. The Bertz CT molecular complexity index is 1020. The van der Waals surface area contributed by atoms with Gasteiger partial charge in [0.1, 0.15) is 5.75 Å². The fourth-order valence-electron chi connectivity index (χ4n) is 3.87. The van der Waals surface area contributed by atoms with E-state index in [1.807, 2.05) is 42.5 Å². The SMILES string of the molecule is COc1ccc2c3c(c4ccccc4cc13)C(=O)N(CCNCCN)C2O. The van der Waals surface area contributed by atoms with Crippen molar-refractivity contribution in [2.24, 2.45) is 5.73 Å². The van der Waals surface area contributed by atoms with Crippen molar-refractivity contribution in [2.75, 3.05) is 33.3 Å². The smallest absolute Gasteiger partial charge is 0.257 e. The van der Waals surface area contributed by atoms with Crippen LogP contribution in [0.1, 0.15) is 22.1 Å². The van der Waals surface area contributed by atoms with Gasteiger partial charge in [0.15, 0.2) is 6.23 Å². The number of nitrogens with two attached hydrogens (primary N) is 1. The summed E-state index contributed by atoms with van der Waals surface area (Å²) in [5.41, 5.74) is 6.85. The van der Waals surface area contributed by atoms with E-state index in [4.69, 9.17) is 10.5 Å². The van der Waals surface area contributed by atoms with Gasteiger partial charge in [0, 0.05) is 42.5 Å². The number of ether oxygens (including phenoxy) is 1. The zero-order chi connectivity index (χ0) is 19.0. The lowest BCUT2D eigenvalue weighted by molar-refractivity contribution is 0.00569. The van der Waals surface area contributed by atoms with Gasteiger partial charge in [0.25, 0.3) is 5.91 Å². The first-order chi connectivity index (χ1) is 13.2. The number of carbonyl (C=O) groups excluding carboxylic acids is 1. The molecule has 1 aliphatic heterocycles. The number of methoxy groups -OCH3 is 1. The molecule has 3 aromatic carbocycles. The zero-order valence-electron chi connectivity index (χ0n) is 15.2. The second-order valence-electron chi connectivity index (χ2n) is 6.66. The molecule has 1 atom stereocenters. The highest BCUT2D eigenvalue weighted by Crippen LogP contribution is 2.42. The molecule has 0 bridgehead atoms. The summed E-state index contributed by atoms with van der Waals surface area (Å²) in [6.45, 7) is 2.17. The standard InChI is InChI=1S/C21H23N3O3/c1-27-17-7-6-15-18-16(17)12-13-4-2-3-5-14(13)19(18)21(26)24(20(15)25)11-10-23-9-8-22/h2-7,12,20,23,25H,8-11,22H2,1H3. The highest BCUT2D eigenvalue weighted by atomic mass is 16.5. The molecule has 3 aromatic rings. The Kier molecular flexibility index (Phi) is 4.70. The lowest BCUT2D eigenvalue weighted by Crippen LogP contribution is -2.42. The van der Waals surface area contributed by atoms with Gasteiger partial charge in [0.2, 0.25) is 0 Å². The van der Waals surface area contributed by atoms with Crippen LogP contribution in [-0.4, -0.2) is 49.2 Å². The van der Waals surface area contributed by atoms with E-state index in [2.05, 4.69) is 5.32 Å². The summed E-state index contributed by atoms with van der Waals surface area (Å²) >= 11 is 0. The maximum Gasteiger partial charge on any atom is 0.257 e. The number of carbonyl (C=O) groups is 1. The highest BCUT2D eigenvalue weighted by Gasteiger charge is 2.34. The summed E-state index contributed by atoms with van der Waals surface area (Å²) in [6, 6.07) is 13.5. The third kappa shape index (κ3) is 2.82. The van der Waals surface area contributed by atoms with Gasteiger partial charge in [-0.1, -0.05) is 30.3 Å². The van der Waals surface area contributed by atoms with E-state index in [0.29, 0.717) is 37.5 Å². The zero-order valence-corrected chi connectivity index (χ0v) is 15.2. The molecule has 27 heavy (non-hydrogen) atoms. The molecule has 140 valence electrons. The van der Waals surface area contributed by atoms with E-state index >= 15 is 0 Å². The number of rotatable bonds is 6. The molecule has 1 unspecified atom stereocenters. The fraction of sp³-hybridized carbons (Fsp3) is 0.286. The summed E-state index contributed by atoms with van der Waals surface area (Å²) in [5.74, 6) is 0.526. The Balaban J connectivity index is 1.91. The van der Waals surface area contributed by atoms with Gasteiger partial charge < -0.3 is 25.8 Å². The van der Waals surface area contributed by atoms with E-state index < -0.39 is 6.23 Å². The first-order valence-electron chi connectivity index (χ1n) is 9.09. The van der Waals surface area contributed by atoms with Crippen molar-refractivity contribution in [3.8, 4) is 5.75 Å². The molecule has 0 radical (unpaired) electrons. The van der Waals surface area contributed by atoms with Crippen molar-refractivity contribution in [2.45, 2.75) is 6.23 Å². The first-order valence-corrected chi connectivity index (χ1v) is 9.09. The number of benzene rings is 3. The van der Waals surface area contributed by atoms with E-state index in [1.165, 1.54) is 4.90 Å². The van der Waals surface area contributed by atoms with Crippen LogP contribution >= 0.6 is 0 Å². The van der Waals surface area contributed by atoms with Crippen LogP contribution in [0.2, 0.25) is 0 Å². The number of nitrogens with one attached hydrogen (secondary N) is 1. The molecule has 0 spiro atoms. The fourth-order valence-corrected chi connectivity index (χ4v) is 3.87. The third-order valence-corrected chi connectivity index (χ3v) is 5.14. The average Bonchev–Trinajstić information content (AvgIpc) is 2.69. The van der Waals surface area contributed by atoms with Crippen molar-refractivity contribution in [3.63, 3.8) is 0 Å². The molecular formula is C21H23N3O3. The Morgan fingerprint density at radius 1 is 1.19 bits per heavy atom. The van der Waals surface area contributed by atoms with Gasteiger partial charge >= 0.3 is 0 Å². The Morgan fingerprint density at radius 3 is 2.78 bits per heavy atom.